The van der Waals surface area contributed by atoms with Gasteiger partial charge in [-0.1, -0.05) is 17.7 Å². The first-order valence-electron chi connectivity index (χ1n) is 6.46. The SMILES string of the molecule is Cc1ccc2c(-c3cc(C)nn3C)[n+](C)ccc2c1. The van der Waals surface area contributed by atoms with Gasteiger partial charge >= 0.3 is 0 Å². The molecule has 0 saturated carbocycles. The molecular formula is C16H18N3+. The zero-order valence-electron chi connectivity index (χ0n) is 11.8. The van der Waals surface area contributed by atoms with Crippen LogP contribution < -0.4 is 4.57 Å². The quantitative estimate of drug-likeness (QED) is 0.610. The molecule has 96 valence electrons. The number of benzene rings is 1. The maximum atomic E-state index is 4.46. The van der Waals surface area contributed by atoms with E-state index in [0.717, 1.165) is 11.4 Å². The third kappa shape index (κ3) is 1.91. The number of nitrogens with zero attached hydrogens (tertiary/aromatic N) is 3. The first-order valence-corrected chi connectivity index (χ1v) is 6.46. The van der Waals surface area contributed by atoms with Crippen LogP contribution in [-0.4, -0.2) is 9.78 Å². The van der Waals surface area contributed by atoms with Crippen molar-refractivity contribution in [1.29, 1.82) is 0 Å². The summed E-state index contributed by atoms with van der Waals surface area (Å²) in [6.07, 6.45) is 2.11. The molecule has 1 aromatic carbocycles. The minimum atomic E-state index is 1.04. The molecule has 0 fully saturated rings. The Morgan fingerprint density at radius 2 is 1.89 bits per heavy atom. The molecule has 3 heteroatoms. The predicted octanol–water partition coefficient (Wildman–Crippen LogP) is 2.68. The van der Waals surface area contributed by atoms with E-state index >= 15 is 0 Å². The highest BCUT2D eigenvalue weighted by atomic mass is 15.3. The van der Waals surface area contributed by atoms with E-state index in [4.69, 9.17) is 0 Å². The molecule has 0 aliphatic rings. The zero-order valence-corrected chi connectivity index (χ0v) is 11.8. The van der Waals surface area contributed by atoms with Crippen LogP contribution in [0.4, 0.5) is 0 Å². The van der Waals surface area contributed by atoms with Gasteiger partial charge in [-0.05, 0) is 31.4 Å². The molecule has 0 radical (unpaired) electrons. The van der Waals surface area contributed by atoms with Gasteiger partial charge in [0.1, 0.15) is 12.7 Å². The van der Waals surface area contributed by atoms with E-state index in [1.165, 1.54) is 22.0 Å². The molecule has 3 aromatic rings. The summed E-state index contributed by atoms with van der Waals surface area (Å²) in [7, 11) is 4.08. The van der Waals surface area contributed by atoms with Crippen molar-refractivity contribution in [1.82, 2.24) is 9.78 Å². The number of rotatable bonds is 1. The molecule has 2 heterocycles. The van der Waals surface area contributed by atoms with Crippen LogP contribution in [0.5, 0.6) is 0 Å². The fourth-order valence-corrected chi connectivity index (χ4v) is 2.64. The average Bonchev–Trinajstić information content (AvgIpc) is 2.68. The first-order chi connectivity index (χ1) is 9.06. The van der Waals surface area contributed by atoms with Crippen molar-refractivity contribution in [2.45, 2.75) is 13.8 Å². The molecule has 3 nitrogen and oxygen atoms in total. The normalized spacial score (nSPS) is 11.2. The Bertz CT molecular complexity index is 769. The van der Waals surface area contributed by atoms with E-state index in [1.54, 1.807) is 0 Å². The lowest BCUT2D eigenvalue weighted by Crippen LogP contribution is -2.31. The highest BCUT2D eigenvalue weighted by Gasteiger charge is 2.18. The number of hydrogen-bond donors (Lipinski definition) is 0. The standard InChI is InChI=1S/C16H18N3/c1-11-5-6-14-13(9-11)7-8-18(3)16(14)15-10-12(2)17-19(15)4/h5-10H,1-4H3/q+1. The maximum Gasteiger partial charge on any atom is 0.238 e. The van der Waals surface area contributed by atoms with Crippen LogP contribution in [-0.2, 0) is 14.1 Å². The van der Waals surface area contributed by atoms with E-state index in [1.807, 2.05) is 18.7 Å². The van der Waals surface area contributed by atoms with E-state index in [-0.39, 0.29) is 0 Å². The van der Waals surface area contributed by atoms with Gasteiger partial charge in [-0.15, -0.1) is 0 Å². The zero-order chi connectivity index (χ0) is 13.6. The topological polar surface area (TPSA) is 21.7 Å². The van der Waals surface area contributed by atoms with E-state index < -0.39 is 0 Å². The van der Waals surface area contributed by atoms with Crippen LogP contribution in [0.25, 0.3) is 22.2 Å². The van der Waals surface area contributed by atoms with Gasteiger partial charge in [0.2, 0.25) is 5.69 Å². The molecule has 0 unspecified atom stereocenters. The third-order valence-electron chi connectivity index (χ3n) is 3.54. The molecule has 0 bridgehead atoms. The summed E-state index contributed by atoms with van der Waals surface area (Å²) >= 11 is 0. The molecule has 3 rings (SSSR count). The van der Waals surface area contributed by atoms with Crippen molar-refractivity contribution in [2.75, 3.05) is 0 Å². The molecule has 2 aromatic heterocycles. The molecule has 0 amide bonds. The van der Waals surface area contributed by atoms with Crippen molar-refractivity contribution in [3.05, 3.63) is 47.8 Å². The van der Waals surface area contributed by atoms with Crippen LogP contribution in [0, 0.1) is 13.8 Å². The summed E-state index contributed by atoms with van der Waals surface area (Å²) in [5, 5.41) is 6.99. The number of aromatic nitrogens is 3. The molecule has 19 heavy (non-hydrogen) atoms. The van der Waals surface area contributed by atoms with Gasteiger partial charge in [0.25, 0.3) is 0 Å². The summed E-state index contributed by atoms with van der Waals surface area (Å²) in [4.78, 5) is 0. The lowest BCUT2D eigenvalue weighted by Gasteiger charge is -2.05. The second kappa shape index (κ2) is 4.19. The van der Waals surface area contributed by atoms with Crippen LogP contribution in [0.15, 0.2) is 36.5 Å². The van der Waals surface area contributed by atoms with Crippen molar-refractivity contribution >= 4 is 10.8 Å². The smallest absolute Gasteiger partial charge is 0.238 e. The molecule has 0 saturated heterocycles. The summed E-state index contributed by atoms with van der Waals surface area (Å²) in [6, 6.07) is 10.9. The summed E-state index contributed by atoms with van der Waals surface area (Å²) in [5.41, 5.74) is 4.69. The molecular weight excluding hydrogens is 234 g/mol. The Hall–Kier alpha value is -2.16. The highest BCUT2D eigenvalue weighted by Crippen LogP contribution is 2.26. The second-order valence-corrected chi connectivity index (χ2v) is 5.16. The largest absolute Gasteiger partial charge is 0.262 e. The Morgan fingerprint density at radius 1 is 1.11 bits per heavy atom. The number of pyridine rings is 1. The minimum absolute atomic E-state index is 1.04. The first kappa shape index (κ1) is 11.9. The maximum absolute atomic E-state index is 4.46. The van der Waals surface area contributed by atoms with Crippen LogP contribution in [0.3, 0.4) is 0 Å². The van der Waals surface area contributed by atoms with Crippen molar-refractivity contribution in [3.8, 4) is 11.4 Å². The van der Waals surface area contributed by atoms with Gasteiger partial charge in [0.15, 0.2) is 6.20 Å². The monoisotopic (exact) mass is 252 g/mol. The van der Waals surface area contributed by atoms with Crippen molar-refractivity contribution in [2.24, 2.45) is 14.1 Å². The van der Waals surface area contributed by atoms with Gasteiger partial charge in [0.05, 0.1) is 11.1 Å². The highest BCUT2D eigenvalue weighted by molar-refractivity contribution is 5.92. The minimum Gasteiger partial charge on any atom is -0.262 e. The van der Waals surface area contributed by atoms with Gasteiger partial charge < -0.3 is 0 Å². The lowest BCUT2D eigenvalue weighted by molar-refractivity contribution is -0.659. The average molecular weight is 252 g/mol. The van der Waals surface area contributed by atoms with Crippen LogP contribution >= 0.6 is 0 Å². The molecule has 0 spiro atoms. The predicted molar refractivity (Wildman–Crippen MR) is 76.8 cm³/mol. The fourth-order valence-electron chi connectivity index (χ4n) is 2.64. The summed E-state index contributed by atoms with van der Waals surface area (Å²) in [5.74, 6) is 0. The number of aryl methyl sites for hydroxylation is 4. The number of fused-ring (bicyclic) bond motifs is 1. The summed E-state index contributed by atoms with van der Waals surface area (Å²) in [6.45, 7) is 4.15. The van der Waals surface area contributed by atoms with E-state index in [0.29, 0.717) is 0 Å². The summed E-state index contributed by atoms with van der Waals surface area (Å²) < 4.78 is 4.11. The Kier molecular flexibility index (Phi) is 2.63. The van der Waals surface area contributed by atoms with Crippen molar-refractivity contribution < 1.29 is 4.57 Å². The van der Waals surface area contributed by atoms with E-state index in [9.17, 15) is 0 Å². The Balaban J connectivity index is 2.39. The fraction of sp³-hybridized carbons (Fsp3) is 0.250. The third-order valence-corrected chi connectivity index (χ3v) is 3.54. The van der Waals surface area contributed by atoms with Gasteiger partial charge in [-0.3, -0.25) is 4.68 Å². The van der Waals surface area contributed by atoms with E-state index in [2.05, 4.69) is 60.2 Å². The Labute approximate surface area is 113 Å². The number of hydrogen-bond acceptors (Lipinski definition) is 1. The molecule has 0 N–H and O–H groups in total. The van der Waals surface area contributed by atoms with Gasteiger partial charge in [0, 0.05) is 13.1 Å². The molecule has 0 atom stereocenters. The lowest BCUT2D eigenvalue weighted by atomic mass is 10.0. The van der Waals surface area contributed by atoms with Crippen molar-refractivity contribution in [3.63, 3.8) is 0 Å². The van der Waals surface area contributed by atoms with Gasteiger partial charge in [-0.25, -0.2) is 0 Å². The molecule has 0 aliphatic heterocycles. The van der Waals surface area contributed by atoms with Gasteiger partial charge in [-0.2, -0.15) is 9.67 Å². The Morgan fingerprint density at radius 3 is 2.58 bits per heavy atom. The van der Waals surface area contributed by atoms with Crippen LogP contribution in [0.1, 0.15) is 11.3 Å². The second-order valence-electron chi connectivity index (χ2n) is 5.16. The molecule has 0 aliphatic carbocycles. The van der Waals surface area contributed by atoms with Crippen LogP contribution in [0.2, 0.25) is 0 Å².